The Labute approximate surface area is 111 Å². The molecule has 108 valence electrons. The zero-order valence-electron chi connectivity index (χ0n) is 11.3. The van der Waals surface area contributed by atoms with Crippen LogP contribution in [-0.4, -0.2) is 48.2 Å². The van der Waals surface area contributed by atoms with E-state index in [-0.39, 0.29) is 30.9 Å². The lowest BCUT2D eigenvalue weighted by Gasteiger charge is -2.28. The highest BCUT2D eigenvalue weighted by atomic mass is 16.7. The van der Waals surface area contributed by atoms with Crippen molar-refractivity contribution in [1.29, 1.82) is 0 Å². The van der Waals surface area contributed by atoms with Crippen molar-refractivity contribution in [3.8, 4) is 0 Å². The maximum absolute atomic E-state index is 11.4. The van der Waals surface area contributed by atoms with Gasteiger partial charge in [-0.3, -0.25) is 4.79 Å². The molecule has 1 N–H and O–H groups in total. The number of rotatable bonds is 6. The van der Waals surface area contributed by atoms with Gasteiger partial charge < -0.3 is 19.4 Å². The van der Waals surface area contributed by atoms with Crippen molar-refractivity contribution in [2.75, 3.05) is 13.7 Å². The normalized spacial score (nSPS) is 23.3. The molecule has 0 aliphatic carbocycles. The summed E-state index contributed by atoms with van der Waals surface area (Å²) >= 11 is 0. The van der Waals surface area contributed by atoms with Crippen LogP contribution in [0, 0.1) is 0 Å². The Morgan fingerprint density at radius 2 is 2.26 bits per heavy atom. The first-order chi connectivity index (χ1) is 8.95. The summed E-state index contributed by atoms with van der Waals surface area (Å²) in [4.78, 5) is 27.9. The number of carbonyl (C=O) groups is 2. The monoisotopic (exact) mass is 273 g/mol. The number of nitrogens with zero attached hydrogens (tertiary/aromatic N) is 1. The van der Waals surface area contributed by atoms with E-state index in [2.05, 4.69) is 9.89 Å². The van der Waals surface area contributed by atoms with Crippen LogP contribution in [0.4, 0.5) is 0 Å². The first-order valence-electron chi connectivity index (χ1n) is 6.12. The average molecular weight is 273 g/mol. The van der Waals surface area contributed by atoms with Gasteiger partial charge in [0.2, 0.25) is 0 Å². The molecule has 7 nitrogen and oxygen atoms in total. The van der Waals surface area contributed by atoms with Gasteiger partial charge in [-0.1, -0.05) is 5.16 Å². The van der Waals surface area contributed by atoms with Crippen molar-refractivity contribution >= 4 is 17.7 Å². The third-order valence-corrected chi connectivity index (χ3v) is 3.04. The largest absolute Gasteiger partial charge is 0.466 e. The maximum Gasteiger partial charge on any atom is 0.355 e. The van der Waals surface area contributed by atoms with Gasteiger partial charge in [-0.15, -0.1) is 0 Å². The standard InChI is InChI=1S/C12H19NO6/c1-4-18-10(15)5-6-12(8(2)14)7-9(13-19-12)11(16)17-3/h8,14H,4-7H2,1-3H3/t8?,12-/m0/s1. The Bertz CT molecular complexity index is 378. The van der Waals surface area contributed by atoms with Crippen LogP contribution in [0.15, 0.2) is 5.16 Å². The molecule has 0 aromatic heterocycles. The number of ether oxygens (including phenoxy) is 2. The van der Waals surface area contributed by atoms with Crippen LogP contribution in [0.1, 0.15) is 33.1 Å². The summed E-state index contributed by atoms with van der Waals surface area (Å²) < 4.78 is 9.37. The summed E-state index contributed by atoms with van der Waals surface area (Å²) in [6, 6.07) is 0. The number of hydrogen-bond donors (Lipinski definition) is 1. The zero-order valence-corrected chi connectivity index (χ0v) is 11.3. The highest BCUT2D eigenvalue weighted by Gasteiger charge is 2.46. The van der Waals surface area contributed by atoms with Gasteiger partial charge in [0.1, 0.15) is 0 Å². The topological polar surface area (TPSA) is 94.4 Å². The van der Waals surface area contributed by atoms with Crippen molar-refractivity contribution in [2.45, 2.75) is 44.8 Å². The Morgan fingerprint density at radius 3 is 2.79 bits per heavy atom. The van der Waals surface area contributed by atoms with Crippen molar-refractivity contribution in [3.05, 3.63) is 0 Å². The minimum atomic E-state index is -1.07. The van der Waals surface area contributed by atoms with E-state index in [0.717, 1.165) is 0 Å². The van der Waals surface area contributed by atoms with E-state index in [1.807, 2.05) is 0 Å². The first kappa shape index (κ1) is 15.4. The van der Waals surface area contributed by atoms with Crippen LogP contribution in [0.3, 0.4) is 0 Å². The van der Waals surface area contributed by atoms with Crippen molar-refractivity contribution in [1.82, 2.24) is 0 Å². The second-order valence-corrected chi connectivity index (χ2v) is 4.34. The molecule has 7 heteroatoms. The summed E-state index contributed by atoms with van der Waals surface area (Å²) in [7, 11) is 1.24. The second kappa shape index (κ2) is 6.51. The fraction of sp³-hybridized carbons (Fsp3) is 0.750. The van der Waals surface area contributed by atoms with Gasteiger partial charge in [-0.05, 0) is 13.8 Å². The molecule has 0 aromatic carbocycles. The van der Waals surface area contributed by atoms with Gasteiger partial charge in [0.05, 0.1) is 19.8 Å². The summed E-state index contributed by atoms with van der Waals surface area (Å²) in [5.74, 6) is -0.976. The molecule has 0 bridgehead atoms. The molecule has 19 heavy (non-hydrogen) atoms. The van der Waals surface area contributed by atoms with Crippen LogP contribution in [0.5, 0.6) is 0 Å². The number of aliphatic hydroxyl groups is 1. The minimum Gasteiger partial charge on any atom is -0.466 e. The second-order valence-electron chi connectivity index (χ2n) is 4.34. The van der Waals surface area contributed by atoms with E-state index in [1.54, 1.807) is 6.92 Å². The fourth-order valence-electron chi connectivity index (χ4n) is 1.83. The van der Waals surface area contributed by atoms with Gasteiger partial charge in [0.25, 0.3) is 0 Å². The van der Waals surface area contributed by atoms with Gasteiger partial charge in [0, 0.05) is 19.3 Å². The third-order valence-electron chi connectivity index (χ3n) is 3.04. The lowest BCUT2D eigenvalue weighted by molar-refractivity contribution is -0.147. The molecular weight excluding hydrogens is 254 g/mol. The number of methoxy groups -OCH3 is 1. The molecule has 1 heterocycles. The van der Waals surface area contributed by atoms with Crippen molar-refractivity contribution < 1.29 is 29.0 Å². The first-order valence-corrected chi connectivity index (χ1v) is 6.12. The molecule has 1 unspecified atom stereocenters. The minimum absolute atomic E-state index is 0.0860. The number of carbonyl (C=O) groups excluding carboxylic acids is 2. The predicted octanol–water partition coefficient (Wildman–Crippen LogP) is 0.399. The van der Waals surface area contributed by atoms with E-state index in [9.17, 15) is 14.7 Å². The molecule has 0 spiro atoms. The SMILES string of the molecule is CCOC(=O)CC[C@@]1(C(C)O)CC(C(=O)OC)=NO1. The molecule has 1 rings (SSSR count). The summed E-state index contributed by atoms with van der Waals surface area (Å²) in [5, 5.41) is 13.5. The molecule has 0 aromatic rings. The number of aliphatic hydroxyl groups excluding tert-OH is 1. The summed E-state index contributed by atoms with van der Waals surface area (Å²) in [6.07, 6.45) is -0.472. The van der Waals surface area contributed by atoms with Crippen molar-refractivity contribution in [3.63, 3.8) is 0 Å². The molecule has 0 fully saturated rings. The Balaban J connectivity index is 2.65. The number of oxime groups is 1. The molecule has 0 saturated carbocycles. The highest BCUT2D eigenvalue weighted by molar-refractivity contribution is 6.36. The number of hydrogen-bond acceptors (Lipinski definition) is 7. The fourth-order valence-corrected chi connectivity index (χ4v) is 1.83. The van der Waals surface area contributed by atoms with Gasteiger partial charge in [-0.2, -0.15) is 0 Å². The molecule has 2 atom stereocenters. The molecule has 0 saturated heterocycles. The maximum atomic E-state index is 11.4. The lowest BCUT2D eigenvalue weighted by Crippen LogP contribution is -2.42. The lowest BCUT2D eigenvalue weighted by atomic mass is 9.87. The molecule has 1 aliphatic heterocycles. The van der Waals surface area contributed by atoms with E-state index in [4.69, 9.17) is 9.57 Å². The number of esters is 2. The van der Waals surface area contributed by atoms with Crippen LogP contribution >= 0.6 is 0 Å². The Hall–Kier alpha value is -1.63. The third kappa shape index (κ3) is 3.66. The van der Waals surface area contributed by atoms with Gasteiger partial charge in [-0.25, -0.2) is 4.79 Å². The van der Waals surface area contributed by atoms with Crippen molar-refractivity contribution in [2.24, 2.45) is 5.16 Å². The van der Waals surface area contributed by atoms with E-state index >= 15 is 0 Å². The summed E-state index contributed by atoms with van der Waals surface area (Å²) in [5.41, 5.74) is -0.969. The molecule has 0 radical (unpaired) electrons. The van der Waals surface area contributed by atoms with Crippen LogP contribution < -0.4 is 0 Å². The van der Waals surface area contributed by atoms with Gasteiger partial charge in [0.15, 0.2) is 11.3 Å². The Morgan fingerprint density at radius 1 is 1.58 bits per heavy atom. The van der Waals surface area contributed by atoms with E-state index in [1.165, 1.54) is 14.0 Å². The predicted molar refractivity (Wildman–Crippen MR) is 65.4 cm³/mol. The smallest absolute Gasteiger partial charge is 0.355 e. The van der Waals surface area contributed by atoms with E-state index < -0.39 is 17.7 Å². The molecular formula is C12H19NO6. The quantitative estimate of drug-likeness (QED) is 0.704. The van der Waals surface area contributed by atoms with Crippen LogP contribution in [0.25, 0.3) is 0 Å². The van der Waals surface area contributed by atoms with Crippen LogP contribution in [0.2, 0.25) is 0 Å². The van der Waals surface area contributed by atoms with Gasteiger partial charge >= 0.3 is 11.9 Å². The highest BCUT2D eigenvalue weighted by Crippen LogP contribution is 2.33. The molecule has 1 aliphatic rings. The zero-order chi connectivity index (χ0) is 14.5. The average Bonchev–Trinajstić information content (AvgIpc) is 2.82. The summed E-state index contributed by atoms with van der Waals surface area (Å²) in [6.45, 7) is 3.54. The van der Waals surface area contributed by atoms with Crippen LogP contribution in [-0.2, 0) is 23.9 Å². The Kier molecular flexibility index (Phi) is 5.29. The van der Waals surface area contributed by atoms with E-state index in [0.29, 0.717) is 6.61 Å². The molecule has 0 amide bonds.